The average molecular weight is 723 g/mol. The van der Waals surface area contributed by atoms with Crippen LogP contribution >= 0.6 is 0 Å². The van der Waals surface area contributed by atoms with Crippen molar-refractivity contribution in [2.75, 3.05) is 0 Å². The van der Waals surface area contributed by atoms with E-state index < -0.39 is 11.4 Å². The average Bonchev–Trinajstić information content (AvgIpc) is 3.07. The van der Waals surface area contributed by atoms with Crippen LogP contribution in [0.1, 0.15) is 222 Å². The smallest absolute Gasteiger partial charge is 0.310 e. The molecule has 4 heteroatoms. The summed E-state index contributed by atoms with van der Waals surface area (Å²) in [4.78, 5) is 26.2. The molecule has 0 bridgehead atoms. The minimum atomic E-state index is -0.582. The first kappa shape index (κ1) is 41.8. The minimum absolute atomic E-state index is 0.000569. The van der Waals surface area contributed by atoms with E-state index >= 15 is 0 Å². The quantitative estimate of drug-likeness (QED) is 0.0869. The van der Waals surface area contributed by atoms with E-state index in [9.17, 15) is 14.7 Å². The summed E-state index contributed by atoms with van der Waals surface area (Å²) < 4.78 is 6.39. The molecule has 0 aliphatic heterocycles. The van der Waals surface area contributed by atoms with Crippen molar-refractivity contribution in [3.8, 4) is 0 Å². The Kier molecular flexibility index (Phi) is 13.5. The van der Waals surface area contributed by atoms with Gasteiger partial charge >= 0.3 is 11.9 Å². The highest BCUT2D eigenvalue weighted by Crippen LogP contribution is 2.75. The molecule has 0 saturated heterocycles. The Hall–Kier alpha value is -1.32. The first-order chi connectivity index (χ1) is 24.6. The molecule has 0 heterocycles. The number of fused-ring (bicyclic) bond motifs is 7. The lowest BCUT2D eigenvalue weighted by Crippen LogP contribution is -2.65. The molecule has 4 saturated carbocycles. The number of rotatable bonds is 18. The second-order valence-corrected chi connectivity index (χ2v) is 21.2. The number of unbranched alkanes of at least 4 members (excludes halogenated alkanes) is 14. The van der Waals surface area contributed by atoms with Crippen LogP contribution in [0.5, 0.6) is 0 Å². The predicted molar refractivity (Wildman–Crippen MR) is 216 cm³/mol. The molecule has 298 valence electrons. The van der Waals surface area contributed by atoms with Crippen LogP contribution in [0.25, 0.3) is 0 Å². The van der Waals surface area contributed by atoms with Gasteiger partial charge in [-0.25, -0.2) is 0 Å². The molecule has 0 unspecified atom stereocenters. The van der Waals surface area contributed by atoms with Crippen molar-refractivity contribution in [1.82, 2.24) is 0 Å². The number of hydrogen-bond acceptors (Lipinski definition) is 3. The number of aliphatic carboxylic acids is 1. The number of carboxylic acid groups (broad SMARTS) is 1. The van der Waals surface area contributed by atoms with Gasteiger partial charge in [0.15, 0.2) is 0 Å². The lowest BCUT2D eigenvalue weighted by Gasteiger charge is -2.71. The molecule has 8 atom stereocenters. The van der Waals surface area contributed by atoms with Crippen LogP contribution in [0.15, 0.2) is 11.6 Å². The maximum Gasteiger partial charge on any atom is 0.310 e. The van der Waals surface area contributed by atoms with E-state index in [-0.39, 0.29) is 45.1 Å². The van der Waals surface area contributed by atoms with Gasteiger partial charge in [0.25, 0.3) is 0 Å². The molecule has 52 heavy (non-hydrogen) atoms. The number of carbonyl (C=O) groups excluding carboxylic acids is 1. The Labute approximate surface area is 320 Å². The first-order valence-corrected chi connectivity index (χ1v) is 22.7. The largest absolute Gasteiger partial charge is 0.481 e. The van der Waals surface area contributed by atoms with Gasteiger partial charge in [-0.15, -0.1) is 0 Å². The second kappa shape index (κ2) is 16.8. The molecule has 5 rings (SSSR count). The van der Waals surface area contributed by atoms with Crippen molar-refractivity contribution in [3.05, 3.63) is 11.6 Å². The Morgan fingerprint density at radius 1 is 0.692 bits per heavy atom. The Bertz CT molecular complexity index is 1250. The molecule has 0 aromatic heterocycles. The zero-order valence-electron chi connectivity index (χ0n) is 35.4. The van der Waals surface area contributed by atoms with Crippen LogP contribution in [-0.4, -0.2) is 23.1 Å². The summed E-state index contributed by atoms with van der Waals surface area (Å²) in [6.45, 7) is 19.5. The number of carbonyl (C=O) groups is 2. The van der Waals surface area contributed by atoms with E-state index in [1.807, 2.05) is 0 Å². The summed E-state index contributed by atoms with van der Waals surface area (Å²) in [7, 11) is 0. The number of ether oxygens (including phenoxy) is 1. The van der Waals surface area contributed by atoms with Crippen LogP contribution in [0.4, 0.5) is 0 Å². The van der Waals surface area contributed by atoms with Gasteiger partial charge in [-0.05, 0) is 110 Å². The third kappa shape index (κ3) is 8.13. The SMILES string of the molecule is CCCCCCCCCCCCCCCCCC(=O)O[C@H]1CC[C@]2(C)[C@H]3CC=C4[C@@H]5CC(C)(C)CC[C@]5(C(=O)O)CC[C@@]4(C)[C@]3(C)CC[C@H]2C1(C)C. The van der Waals surface area contributed by atoms with Crippen LogP contribution in [0, 0.1) is 50.2 Å². The van der Waals surface area contributed by atoms with Gasteiger partial charge in [0, 0.05) is 11.8 Å². The molecule has 4 fully saturated rings. The van der Waals surface area contributed by atoms with Gasteiger partial charge in [-0.2, -0.15) is 0 Å². The van der Waals surface area contributed by atoms with Crippen LogP contribution in [-0.2, 0) is 14.3 Å². The summed E-state index contributed by atoms with van der Waals surface area (Å²) in [6, 6.07) is 0. The highest BCUT2D eigenvalue weighted by atomic mass is 16.5. The molecule has 0 aromatic carbocycles. The zero-order chi connectivity index (χ0) is 37.8. The van der Waals surface area contributed by atoms with E-state index in [4.69, 9.17) is 4.74 Å². The first-order valence-electron chi connectivity index (χ1n) is 22.7. The van der Waals surface area contributed by atoms with E-state index in [0.29, 0.717) is 18.3 Å². The second-order valence-electron chi connectivity index (χ2n) is 21.2. The molecule has 4 nitrogen and oxygen atoms in total. The van der Waals surface area contributed by atoms with Crippen molar-refractivity contribution in [1.29, 1.82) is 0 Å². The molecule has 5 aliphatic carbocycles. The standard InChI is InChI=1S/C48H82O4/c1-9-10-11-12-13-14-15-16-17-18-19-20-21-22-23-24-41(49)52-40-28-29-45(6)38(44(40,4)5)27-30-47(8)39(45)26-25-36-37-35-43(2,3)31-33-48(37,42(50)51)34-32-46(36,47)7/h25,37-40H,9-24,26-35H2,1-8H3,(H,50,51)/t37-,38-,39+,40-,45-,46+,47+,48-/m0/s1. The molecular weight excluding hydrogens is 641 g/mol. The topological polar surface area (TPSA) is 63.6 Å². The fourth-order valence-electron chi connectivity index (χ4n) is 13.7. The fourth-order valence-corrected chi connectivity index (χ4v) is 13.7. The van der Waals surface area contributed by atoms with Gasteiger partial charge < -0.3 is 9.84 Å². The zero-order valence-corrected chi connectivity index (χ0v) is 35.4. The van der Waals surface area contributed by atoms with Gasteiger partial charge in [-0.1, -0.05) is 157 Å². The van der Waals surface area contributed by atoms with Gasteiger partial charge in [0.05, 0.1) is 5.41 Å². The summed E-state index contributed by atoms with van der Waals surface area (Å²) >= 11 is 0. The lowest BCUT2D eigenvalue weighted by atomic mass is 9.33. The number of hydrogen-bond donors (Lipinski definition) is 1. The van der Waals surface area contributed by atoms with Crippen molar-refractivity contribution >= 4 is 11.9 Å². The number of carboxylic acids is 1. The molecule has 0 spiro atoms. The number of esters is 1. The normalized spacial score (nSPS) is 37.5. The highest BCUT2D eigenvalue weighted by molar-refractivity contribution is 5.76. The minimum Gasteiger partial charge on any atom is -0.481 e. The Morgan fingerprint density at radius 3 is 1.83 bits per heavy atom. The summed E-state index contributed by atoms with van der Waals surface area (Å²) in [5, 5.41) is 10.7. The maximum atomic E-state index is 13.2. The van der Waals surface area contributed by atoms with Crippen LogP contribution < -0.4 is 0 Å². The molecule has 1 N–H and O–H groups in total. The molecule has 0 radical (unpaired) electrons. The van der Waals surface area contributed by atoms with E-state index in [2.05, 4.69) is 61.5 Å². The van der Waals surface area contributed by atoms with E-state index in [1.165, 1.54) is 102 Å². The van der Waals surface area contributed by atoms with Crippen molar-refractivity contribution in [2.24, 2.45) is 50.2 Å². The van der Waals surface area contributed by atoms with Crippen molar-refractivity contribution in [2.45, 2.75) is 228 Å². The monoisotopic (exact) mass is 723 g/mol. The molecule has 5 aliphatic rings. The molecule has 0 amide bonds. The summed E-state index contributed by atoms with van der Waals surface area (Å²) in [5.41, 5.74) is 1.45. The maximum absolute atomic E-state index is 13.2. The Morgan fingerprint density at radius 2 is 1.25 bits per heavy atom. The third-order valence-corrected chi connectivity index (χ3v) is 17.3. The lowest BCUT2D eigenvalue weighted by molar-refractivity contribution is -0.214. The fraction of sp³-hybridized carbons (Fsp3) is 0.917. The van der Waals surface area contributed by atoms with Gasteiger partial charge in [0.2, 0.25) is 0 Å². The summed E-state index contributed by atoms with van der Waals surface area (Å²) in [5.74, 6) is 0.719. The van der Waals surface area contributed by atoms with E-state index in [0.717, 1.165) is 64.2 Å². The molecular formula is C48H82O4. The number of allylic oxidation sites excluding steroid dienone is 2. The molecule has 0 aromatic rings. The van der Waals surface area contributed by atoms with E-state index in [1.54, 1.807) is 0 Å². The van der Waals surface area contributed by atoms with Gasteiger partial charge in [0.1, 0.15) is 6.10 Å². The van der Waals surface area contributed by atoms with Crippen molar-refractivity contribution in [3.63, 3.8) is 0 Å². The highest BCUT2D eigenvalue weighted by Gasteiger charge is 2.69. The summed E-state index contributed by atoms with van der Waals surface area (Å²) in [6.07, 6.45) is 33.3. The Balaban J connectivity index is 1.10. The van der Waals surface area contributed by atoms with Gasteiger partial charge in [-0.3, -0.25) is 9.59 Å². The predicted octanol–water partition coefficient (Wildman–Crippen LogP) is 14.0. The van der Waals surface area contributed by atoms with Crippen LogP contribution in [0.2, 0.25) is 0 Å². The third-order valence-electron chi connectivity index (χ3n) is 17.3. The van der Waals surface area contributed by atoms with Crippen molar-refractivity contribution < 1.29 is 19.4 Å². The van der Waals surface area contributed by atoms with Crippen LogP contribution in [0.3, 0.4) is 0 Å².